The summed E-state index contributed by atoms with van der Waals surface area (Å²) in [4.78, 5) is 24.8. The van der Waals surface area contributed by atoms with Crippen molar-refractivity contribution in [1.82, 2.24) is 25.4 Å². The zero-order chi connectivity index (χ0) is 22.2. The van der Waals surface area contributed by atoms with Gasteiger partial charge in [0.2, 0.25) is 5.91 Å². The Labute approximate surface area is 186 Å². The first-order valence-electron chi connectivity index (χ1n) is 10.2. The van der Waals surface area contributed by atoms with Gasteiger partial charge in [0.25, 0.3) is 5.91 Å². The Morgan fingerprint density at radius 2 is 1.77 bits per heavy atom. The standard InChI is InChI=1S/C23H27N5O2S/c1-4-28-20(14-24-22(30)19-13-9-8-10-16(19)2)26-27-23(28)31-15-21(29)25-17(3)18-11-6-5-7-12-18/h5-13,17H,4,14-15H2,1-3H3,(H,24,30)(H,25,29). The minimum absolute atomic E-state index is 0.0643. The predicted molar refractivity (Wildman–Crippen MR) is 122 cm³/mol. The molecule has 162 valence electrons. The number of carbonyl (C=O) groups excluding carboxylic acids is 2. The highest BCUT2D eigenvalue weighted by Gasteiger charge is 2.16. The minimum atomic E-state index is -0.146. The second-order valence-corrected chi connectivity index (χ2v) is 8.07. The van der Waals surface area contributed by atoms with Crippen molar-refractivity contribution in [1.29, 1.82) is 0 Å². The molecule has 1 atom stereocenters. The van der Waals surface area contributed by atoms with Crippen LogP contribution in [0.4, 0.5) is 0 Å². The summed E-state index contributed by atoms with van der Waals surface area (Å²) in [5, 5.41) is 15.0. The maximum atomic E-state index is 12.5. The summed E-state index contributed by atoms with van der Waals surface area (Å²) in [5.41, 5.74) is 2.62. The van der Waals surface area contributed by atoms with Gasteiger partial charge < -0.3 is 15.2 Å². The van der Waals surface area contributed by atoms with Crippen molar-refractivity contribution in [2.24, 2.45) is 0 Å². The molecular formula is C23H27N5O2S. The van der Waals surface area contributed by atoms with Gasteiger partial charge in [0.05, 0.1) is 18.3 Å². The lowest BCUT2D eigenvalue weighted by atomic mass is 10.1. The molecule has 0 saturated heterocycles. The molecule has 0 saturated carbocycles. The molecule has 0 spiro atoms. The number of aryl methyl sites for hydroxylation is 1. The summed E-state index contributed by atoms with van der Waals surface area (Å²) in [6, 6.07) is 17.2. The highest BCUT2D eigenvalue weighted by Crippen LogP contribution is 2.18. The zero-order valence-electron chi connectivity index (χ0n) is 18.0. The van der Waals surface area contributed by atoms with Crippen molar-refractivity contribution in [2.75, 3.05) is 5.75 Å². The van der Waals surface area contributed by atoms with E-state index in [-0.39, 0.29) is 30.2 Å². The Balaban J connectivity index is 1.55. The van der Waals surface area contributed by atoms with Gasteiger partial charge in [-0.1, -0.05) is 60.3 Å². The van der Waals surface area contributed by atoms with Crippen molar-refractivity contribution in [3.05, 3.63) is 77.1 Å². The molecule has 1 unspecified atom stereocenters. The fraction of sp³-hybridized carbons (Fsp3) is 0.304. The number of nitrogens with zero attached hydrogens (tertiary/aromatic N) is 3. The van der Waals surface area contributed by atoms with E-state index in [1.54, 1.807) is 6.07 Å². The maximum Gasteiger partial charge on any atom is 0.251 e. The third-order valence-corrected chi connectivity index (χ3v) is 5.88. The Morgan fingerprint density at radius 1 is 1.06 bits per heavy atom. The molecule has 31 heavy (non-hydrogen) atoms. The summed E-state index contributed by atoms with van der Waals surface area (Å²) < 4.78 is 1.91. The Kier molecular flexibility index (Phi) is 7.83. The average Bonchev–Trinajstić information content (AvgIpc) is 3.18. The first-order chi connectivity index (χ1) is 15.0. The second kappa shape index (κ2) is 10.8. The van der Waals surface area contributed by atoms with Crippen LogP contribution >= 0.6 is 11.8 Å². The van der Waals surface area contributed by atoms with Gasteiger partial charge in [0, 0.05) is 12.1 Å². The van der Waals surface area contributed by atoms with Crippen LogP contribution in [0.5, 0.6) is 0 Å². The van der Waals surface area contributed by atoms with E-state index in [4.69, 9.17) is 0 Å². The Bertz CT molecular complexity index is 1040. The summed E-state index contributed by atoms with van der Waals surface area (Å²) in [6.07, 6.45) is 0. The molecule has 0 aliphatic heterocycles. The lowest BCUT2D eigenvalue weighted by molar-refractivity contribution is -0.119. The van der Waals surface area contributed by atoms with Gasteiger partial charge in [-0.2, -0.15) is 0 Å². The second-order valence-electron chi connectivity index (χ2n) is 7.13. The van der Waals surface area contributed by atoms with Crippen LogP contribution in [-0.2, 0) is 17.9 Å². The molecule has 3 aromatic rings. The molecule has 0 aliphatic carbocycles. The van der Waals surface area contributed by atoms with E-state index in [1.165, 1.54) is 11.8 Å². The van der Waals surface area contributed by atoms with Crippen LogP contribution < -0.4 is 10.6 Å². The largest absolute Gasteiger partial charge is 0.349 e. The number of carbonyl (C=O) groups is 2. The summed E-state index contributed by atoms with van der Waals surface area (Å²) in [5.74, 6) is 0.684. The number of hydrogen-bond donors (Lipinski definition) is 2. The molecule has 0 radical (unpaired) electrons. The number of amides is 2. The van der Waals surface area contributed by atoms with Crippen LogP contribution in [0.2, 0.25) is 0 Å². The topological polar surface area (TPSA) is 88.9 Å². The van der Waals surface area contributed by atoms with E-state index in [1.807, 2.05) is 73.9 Å². The monoisotopic (exact) mass is 437 g/mol. The maximum absolute atomic E-state index is 12.5. The average molecular weight is 438 g/mol. The normalized spacial score (nSPS) is 11.7. The number of hydrogen-bond acceptors (Lipinski definition) is 5. The molecule has 2 aromatic carbocycles. The zero-order valence-corrected chi connectivity index (χ0v) is 18.8. The van der Waals surface area contributed by atoms with Gasteiger partial charge in [-0.25, -0.2) is 0 Å². The van der Waals surface area contributed by atoms with Crippen LogP contribution in [0.3, 0.4) is 0 Å². The van der Waals surface area contributed by atoms with E-state index >= 15 is 0 Å². The predicted octanol–water partition coefficient (Wildman–Crippen LogP) is 3.51. The lowest BCUT2D eigenvalue weighted by Crippen LogP contribution is -2.28. The summed E-state index contributed by atoms with van der Waals surface area (Å²) >= 11 is 1.34. The van der Waals surface area contributed by atoms with Gasteiger partial charge in [-0.15, -0.1) is 10.2 Å². The highest BCUT2D eigenvalue weighted by molar-refractivity contribution is 7.99. The van der Waals surface area contributed by atoms with Crippen LogP contribution in [0, 0.1) is 6.92 Å². The number of rotatable bonds is 9. The Morgan fingerprint density at radius 3 is 2.48 bits per heavy atom. The van der Waals surface area contributed by atoms with Crippen LogP contribution in [0.25, 0.3) is 0 Å². The van der Waals surface area contributed by atoms with Crippen molar-refractivity contribution in [2.45, 2.75) is 45.1 Å². The lowest BCUT2D eigenvalue weighted by Gasteiger charge is -2.14. The van der Waals surface area contributed by atoms with Crippen molar-refractivity contribution < 1.29 is 9.59 Å². The number of thioether (sulfide) groups is 1. The molecule has 8 heteroatoms. The fourth-order valence-electron chi connectivity index (χ4n) is 3.19. The highest BCUT2D eigenvalue weighted by atomic mass is 32.2. The molecular weight excluding hydrogens is 410 g/mol. The molecule has 0 fully saturated rings. The minimum Gasteiger partial charge on any atom is -0.349 e. The van der Waals surface area contributed by atoms with E-state index < -0.39 is 0 Å². The van der Waals surface area contributed by atoms with Crippen LogP contribution in [-0.4, -0.2) is 32.3 Å². The molecule has 2 N–H and O–H groups in total. The first-order valence-corrected chi connectivity index (χ1v) is 11.2. The van der Waals surface area contributed by atoms with E-state index in [2.05, 4.69) is 20.8 Å². The van der Waals surface area contributed by atoms with E-state index in [0.717, 1.165) is 11.1 Å². The SMILES string of the molecule is CCn1c(CNC(=O)c2ccccc2C)nnc1SCC(=O)NC(C)c1ccccc1. The number of benzene rings is 2. The summed E-state index contributed by atoms with van der Waals surface area (Å²) in [7, 11) is 0. The van der Waals surface area contributed by atoms with E-state index in [9.17, 15) is 9.59 Å². The smallest absolute Gasteiger partial charge is 0.251 e. The van der Waals surface area contributed by atoms with Gasteiger partial charge in [-0.05, 0) is 38.0 Å². The number of nitrogens with one attached hydrogen (secondary N) is 2. The summed E-state index contributed by atoms with van der Waals surface area (Å²) in [6.45, 7) is 6.76. The van der Waals surface area contributed by atoms with Crippen molar-refractivity contribution >= 4 is 23.6 Å². The molecule has 1 aromatic heterocycles. The number of aromatic nitrogens is 3. The van der Waals surface area contributed by atoms with E-state index in [0.29, 0.717) is 23.1 Å². The van der Waals surface area contributed by atoms with Gasteiger partial charge in [0.15, 0.2) is 11.0 Å². The van der Waals surface area contributed by atoms with Crippen molar-refractivity contribution in [3.63, 3.8) is 0 Å². The molecule has 3 rings (SSSR count). The third-order valence-electron chi connectivity index (χ3n) is 4.92. The van der Waals surface area contributed by atoms with Crippen LogP contribution in [0.15, 0.2) is 59.8 Å². The van der Waals surface area contributed by atoms with Gasteiger partial charge in [-0.3, -0.25) is 9.59 Å². The molecule has 2 amide bonds. The first kappa shape index (κ1) is 22.6. The third kappa shape index (κ3) is 5.95. The fourth-order valence-corrected chi connectivity index (χ4v) is 4.03. The van der Waals surface area contributed by atoms with Crippen molar-refractivity contribution in [3.8, 4) is 0 Å². The Hall–Kier alpha value is -3.13. The molecule has 0 bridgehead atoms. The molecule has 0 aliphatic rings. The van der Waals surface area contributed by atoms with Crippen LogP contribution in [0.1, 0.15) is 47.2 Å². The van der Waals surface area contributed by atoms with Gasteiger partial charge >= 0.3 is 0 Å². The quantitative estimate of drug-likeness (QED) is 0.500. The molecule has 7 nitrogen and oxygen atoms in total. The molecule has 1 heterocycles. The van der Waals surface area contributed by atoms with Gasteiger partial charge in [0.1, 0.15) is 0 Å².